The van der Waals surface area contributed by atoms with Gasteiger partial charge >= 0.3 is 5.97 Å². The van der Waals surface area contributed by atoms with Gasteiger partial charge in [-0.3, -0.25) is 0 Å². The Bertz CT molecular complexity index is 138. The second-order valence-electron chi connectivity index (χ2n) is 2.12. The van der Waals surface area contributed by atoms with Gasteiger partial charge in [-0.15, -0.1) is 0 Å². The van der Waals surface area contributed by atoms with Gasteiger partial charge in [0.15, 0.2) is 0 Å². The van der Waals surface area contributed by atoms with Crippen molar-refractivity contribution in [1.29, 1.82) is 0 Å². The fraction of sp³-hybridized carbons (Fsp3) is 0.571. The molecule has 0 amide bonds. The molecule has 0 fully saturated rings. The second-order valence-corrected chi connectivity index (χ2v) is 2.12. The summed E-state index contributed by atoms with van der Waals surface area (Å²) in [6.07, 6.45) is 5.36. The maximum atomic E-state index is 10.4. The van der Waals surface area contributed by atoms with Crippen LogP contribution in [0.3, 0.4) is 0 Å². The van der Waals surface area contributed by atoms with Crippen molar-refractivity contribution >= 4 is 5.97 Å². The van der Waals surface area contributed by atoms with Crippen molar-refractivity contribution in [3.63, 3.8) is 0 Å². The SMILES string of the molecule is CCC[C@@H]1C=CC(=O)O1. The molecule has 1 rings (SSSR count). The lowest BCUT2D eigenvalue weighted by atomic mass is 10.2. The molecule has 0 radical (unpaired) electrons. The van der Waals surface area contributed by atoms with Crippen molar-refractivity contribution < 1.29 is 9.53 Å². The van der Waals surface area contributed by atoms with Crippen LogP contribution >= 0.6 is 0 Å². The first-order valence-electron chi connectivity index (χ1n) is 3.21. The molecule has 0 aromatic heterocycles. The molecule has 0 unspecified atom stereocenters. The summed E-state index contributed by atoms with van der Waals surface area (Å²) in [5, 5.41) is 0. The van der Waals surface area contributed by atoms with Crippen LogP contribution in [-0.4, -0.2) is 12.1 Å². The van der Waals surface area contributed by atoms with Gasteiger partial charge in [-0.05, 0) is 12.5 Å². The van der Waals surface area contributed by atoms with Crippen LogP contribution in [0.5, 0.6) is 0 Å². The zero-order valence-electron chi connectivity index (χ0n) is 5.46. The van der Waals surface area contributed by atoms with E-state index in [0.29, 0.717) is 0 Å². The number of hydrogen-bond acceptors (Lipinski definition) is 2. The fourth-order valence-corrected chi connectivity index (χ4v) is 0.853. The minimum atomic E-state index is -0.201. The standard InChI is InChI=1S/C7H10O2/c1-2-3-6-4-5-7(8)9-6/h4-6H,2-3H2,1H3/t6-/m1/s1. The lowest BCUT2D eigenvalue weighted by Gasteiger charge is -2.03. The van der Waals surface area contributed by atoms with E-state index in [9.17, 15) is 4.79 Å². The molecule has 2 nitrogen and oxygen atoms in total. The summed E-state index contributed by atoms with van der Waals surface area (Å²) in [6.45, 7) is 2.07. The van der Waals surface area contributed by atoms with E-state index in [1.165, 1.54) is 6.08 Å². The van der Waals surface area contributed by atoms with Gasteiger partial charge in [-0.1, -0.05) is 13.3 Å². The molecule has 1 heterocycles. The molecule has 0 saturated heterocycles. The van der Waals surface area contributed by atoms with Crippen LogP contribution < -0.4 is 0 Å². The molecule has 0 bridgehead atoms. The molecule has 9 heavy (non-hydrogen) atoms. The fourth-order valence-electron chi connectivity index (χ4n) is 0.853. The minimum absolute atomic E-state index is 0.0579. The highest BCUT2D eigenvalue weighted by molar-refractivity contribution is 5.84. The van der Waals surface area contributed by atoms with Gasteiger partial charge in [0, 0.05) is 6.08 Å². The van der Waals surface area contributed by atoms with E-state index < -0.39 is 0 Å². The van der Waals surface area contributed by atoms with E-state index in [1.807, 2.05) is 6.08 Å². The predicted octanol–water partition coefficient (Wildman–Crippen LogP) is 1.27. The van der Waals surface area contributed by atoms with Crippen LogP contribution in [0.4, 0.5) is 0 Å². The van der Waals surface area contributed by atoms with Gasteiger partial charge in [-0.2, -0.15) is 0 Å². The Morgan fingerprint density at radius 3 is 3.00 bits per heavy atom. The molecule has 2 heteroatoms. The number of rotatable bonds is 2. The molecule has 0 aromatic carbocycles. The molecule has 0 saturated carbocycles. The van der Waals surface area contributed by atoms with Crippen molar-refractivity contribution in [2.45, 2.75) is 25.9 Å². The first-order valence-corrected chi connectivity index (χ1v) is 3.21. The largest absolute Gasteiger partial charge is 0.455 e. The molecule has 0 N–H and O–H groups in total. The van der Waals surface area contributed by atoms with E-state index in [-0.39, 0.29) is 12.1 Å². The maximum absolute atomic E-state index is 10.4. The molecule has 0 aromatic rings. The number of esters is 1. The molecule has 1 aliphatic rings. The zero-order valence-corrected chi connectivity index (χ0v) is 5.46. The summed E-state index contributed by atoms with van der Waals surface area (Å²) < 4.78 is 4.85. The average molecular weight is 126 g/mol. The van der Waals surface area contributed by atoms with Crippen LogP contribution in [0.1, 0.15) is 19.8 Å². The average Bonchev–Trinajstić information content (AvgIpc) is 2.17. The topological polar surface area (TPSA) is 26.3 Å². The Kier molecular flexibility index (Phi) is 1.88. The van der Waals surface area contributed by atoms with Crippen LogP contribution in [0.15, 0.2) is 12.2 Å². The summed E-state index contributed by atoms with van der Waals surface area (Å²) in [7, 11) is 0. The highest BCUT2D eigenvalue weighted by Crippen LogP contribution is 2.09. The van der Waals surface area contributed by atoms with Gasteiger partial charge < -0.3 is 4.74 Å². The quantitative estimate of drug-likeness (QED) is 0.521. The maximum Gasteiger partial charge on any atom is 0.331 e. The van der Waals surface area contributed by atoms with E-state index in [4.69, 9.17) is 4.74 Å². The molecule has 50 valence electrons. The van der Waals surface area contributed by atoms with Crippen molar-refractivity contribution in [3.05, 3.63) is 12.2 Å². The van der Waals surface area contributed by atoms with E-state index in [2.05, 4.69) is 6.92 Å². The highest BCUT2D eigenvalue weighted by atomic mass is 16.5. The Labute approximate surface area is 54.5 Å². The molecule has 0 spiro atoms. The van der Waals surface area contributed by atoms with Crippen LogP contribution in [-0.2, 0) is 9.53 Å². The normalized spacial score (nSPS) is 24.6. The third-order valence-corrected chi connectivity index (χ3v) is 1.29. The summed E-state index contributed by atoms with van der Waals surface area (Å²) in [6, 6.07) is 0. The molecule has 0 aliphatic carbocycles. The van der Waals surface area contributed by atoms with Crippen LogP contribution in [0.2, 0.25) is 0 Å². The number of cyclic esters (lactones) is 1. The summed E-state index contributed by atoms with van der Waals surface area (Å²) in [5.74, 6) is -0.201. The van der Waals surface area contributed by atoms with Crippen LogP contribution in [0.25, 0.3) is 0 Å². The molecular formula is C7H10O2. The lowest BCUT2D eigenvalue weighted by molar-refractivity contribution is -0.138. The molecule has 1 aliphatic heterocycles. The Morgan fingerprint density at radius 1 is 1.78 bits per heavy atom. The molecular weight excluding hydrogens is 116 g/mol. The summed E-state index contributed by atoms with van der Waals surface area (Å²) >= 11 is 0. The van der Waals surface area contributed by atoms with Gasteiger partial charge in [0.05, 0.1) is 0 Å². The predicted molar refractivity (Wildman–Crippen MR) is 33.9 cm³/mol. The third kappa shape index (κ3) is 1.56. The van der Waals surface area contributed by atoms with Gasteiger partial charge in [0.1, 0.15) is 6.10 Å². The second kappa shape index (κ2) is 2.67. The Morgan fingerprint density at radius 2 is 2.56 bits per heavy atom. The van der Waals surface area contributed by atoms with Gasteiger partial charge in [0.2, 0.25) is 0 Å². The van der Waals surface area contributed by atoms with Crippen molar-refractivity contribution in [3.8, 4) is 0 Å². The smallest absolute Gasteiger partial charge is 0.331 e. The third-order valence-electron chi connectivity index (χ3n) is 1.29. The van der Waals surface area contributed by atoms with E-state index in [0.717, 1.165) is 12.8 Å². The number of ether oxygens (including phenoxy) is 1. The van der Waals surface area contributed by atoms with Crippen molar-refractivity contribution in [2.75, 3.05) is 0 Å². The molecule has 1 atom stereocenters. The number of carbonyl (C=O) groups excluding carboxylic acids is 1. The zero-order chi connectivity index (χ0) is 6.69. The van der Waals surface area contributed by atoms with Crippen molar-refractivity contribution in [2.24, 2.45) is 0 Å². The minimum Gasteiger partial charge on any atom is -0.455 e. The first-order chi connectivity index (χ1) is 4.33. The van der Waals surface area contributed by atoms with Gasteiger partial charge in [0.25, 0.3) is 0 Å². The van der Waals surface area contributed by atoms with Crippen LogP contribution in [0, 0.1) is 0 Å². The summed E-state index contributed by atoms with van der Waals surface area (Å²) in [5.41, 5.74) is 0. The monoisotopic (exact) mass is 126 g/mol. The summed E-state index contributed by atoms with van der Waals surface area (Å²) in [4.78, 5) is 10.4. The Balaban J connectivity index is 2.32. The van der Waals surface area contributed by atoms with E-state index in [1.54, 1.807) is 0 Å². The van der Waals surface area contributed by atoms with Crippen molar-refractivity contribution in [1.82, 2.24) is 0 Å². The Hall–Kier alpha value is -0.790. The van der Waals surface area contributed by atoms with Gasteiger partial charge in [-0.25, -0.2) is 4.79 Å². The van der Waals surface area contributed by atoms with E-state index >= 15 is 0 Å². The number of hydrogen-bond donors (Lipinski definition) is 0. The first kappa shape index (κ1) is 6.33. The number of carbonyl (C=O) groups is 1. The highest BCUT2D eigenvalue weighted by Gasteiger charge is 2.14. The lowest BCUT2D eigenvalue weighted by Crippen LogP contribution is -2.06.